The first-order valence-corrected chi connectivity index (χ1v) is 13.3. The number of hydrogen-bond acceptors (Lipinski definition) is 5. The lowest BCUT2D eigenvalue weighted by Gasteiger charge is -2.25. The van der Waals surface area contributed by atoms with E-state index >= 15 is 0 Å². The van der Waals surface area contributed by atoms with Crippen molar-refractivity contribution in [3.05, 3.63) is 131 Å². The smallest absolute Gasteiger partial charge is 0.216 e. The van der Waals surface area contributed by atoms with Crippen molar-refractivity contribution in [1.82, 2.24) is 4.98 Å². The van der Waals surface area contributed by atoms with Gasteiger partial charge < -0.3 is 18.9 Å². The van der Waals surface area contributed by atoms with Crippen LogP contribution in [-0.4, -0.2) is 23.3 Å². The van der Waals surface area contributed by atoms with Crippen molar-refractivity contribution in [3.8, 4) is 5.88 Å². The molecular formula is C33H35NO4. The zero-order valence-corrected chi connectivity index (χ0v) is 22.0. The molecule has 0 aliphatic carbocycles. The summed E-state index contributed by atoms with van der Waals surface area (Å²) in [5.41, 5.74) is 5.29. The minimum absolute atomic E-state index is 0.0844. The maximum absolute atomic E-state index is 6.59. The molecule has 4 atom stereocenters. The van der Waals surface area contributed by atoms with Gasteiger partial charge in [-0.15, -0.1) is 0 Å². The van der Waals surface area contributed by atoms with Gasteiger partial charge in [0, 0.05) is 17.3 Å². The van der Waals surface area contributed by atoms with Gasteiger partial charge >= 0.3 is 0 Å². The van der Waals surface area contributed by atoms with E-state index in [9.17, 15) is 0 Å². The van der Waals surface area contributed by atoms with E-state index in [1.807, 2.05) is 79.9 Å². The summed E-state index contributed by atoms with van der Waals surface area (Å²) in [6.45, 7) is 5.62. The van der Waals surface area contributed by atoms with Gasteiger partial charge in [0.2, 0.25) is 5.88 Å². The third-order valence-corrected chi connectivity index (χ3v) is 6.88. The van der Waals surface area contributed by atoms with Crippen LogP contribution in [0.4, 0.5) is 0 Å². The first kappa shape index (κ1) is 26.1. The number of rotatable bonds is 11. The van der Waals surface area contributed by atoms with Crippen molar-refractivity contribution in [2.75, 3.05) is 0 Å². The molecule has 5 nitrogen and oxygen atoms in total. The zero-order chi connectivity index (χ0) is 26.2. The number of aromatic nitrogens is 1. The molecule has 1 aliphatic rings. The number of benzene rings is 3. The SMILES string of the molecule is CC[C@H]1O[C@@H](c2cnc(OCc3ccccc3)c(C)c2)C(OCc2ccccc2)[C@H]1OCc1ccccc1. The van der Waals surface area contributed by atoms with Crippen LogP contribution in [-0.2, 0) is 34.0 Å². The van der Waals surface area contributed by atoms with Crippen LogP contribution in [0.2, 0.25) is 0 Å². The third-order valence-electron chi connectivity index (χ3n) is 6.88. The second-order valence-corrected chi connectivity index (χ2v) is 9.69. The first-order chi connectivity index (χ1) is 18.7. The van der Waals surface area contributed by atoms with E-state index in [4.69, 9.17) is 18.9 Å². The van der Waals surface area contributed by atoms with E-state index in [0.717, 1.165) is 34.2 Å². The number of hydrogen-bond donors (Lipinski definition) is 0. The van der Waals surface area contributed by atoms with Crippen LogP contribution in [0.25, 0.3) is 0 Å². The van der Waals surface area contributed by atoms with Crippen LogP contribution in [0.15, 0.2) is 103 Å². The van der Waals surface area contributed by atoms with E-state index in [0.29, 0.717) is 25.7 Å². The Morgan fingerprint density at radius 1 is 0.711 bits per heavy atom. The maximum Gasteiger partial charge on any atom is 0.216 e. The summed E-state index contributed by atoms with van der Waals surface area (Å²) in [6, 6.07) is 32.7. The normalized spacial score (nSPS) is 20.9. The first-order valence-electron chi connectivity index (χ1n) is 13.3. The topological polar surface area (TPSA) is 49.8 Å². The number of nitrogens with zero attached hydrogens (tertiary/aromatic N) is 1. The van der Waals surface area contributed by atoms with Crippen LogP contribution >= 0.6 is 0 Å². The molecule has 5 rings (SSSR count). The second-order valence-electron chi connectivity index (χ2n) is 9.69. The van der Waals surface area contributed by atoms with Gasteiger partial charge in [0.15, 0.2) is 0 Å². The van der Waals surface area contributed by atoms with E-state index < -0.39 is 0 Å². The Kier molecular flexibility index (Phi) is 8.82. The van der Waals surface area contributed by atoms with Crippen molar-refractivity contribution in [1.29, 1.82) is 0 Å². The van der Waals surface area contributed by atoms with Crippen LogP contribution in [0.5, 0.6) is 5.88 Å². The summed E-state index contributed by atoms with van der Waals surface area (Å²) in [7, 11) is 0. The van der Waals surface area contributed by atoms with E-state index in [1.165, 1.54) is 0 Å². The van der Waals surface area contributed by atoms with Gasteiger partial charge in [-0.1, -0.05) is 97.9 Å². The van der Waals surface area contributed by atoms with Crippen molar-refractivity contribution in [2.45, 2.75) is 64.5 Å². The Labute approximate surface area is 225 Å². The molecule has 1 aliphatic heterocycles. The van der Waals surface area contributed by atoms with Crippen molar-refractivity contribution < 1.29 is 18.9 Å². The van der Waals surface area contributed by atoms with E-state index in [1.54, 1.807) is 0 Å². The highest BCUT2D eigenvalue weighted by atomic mass is 16.6. The summed E-state index contributed by atoms with van der Waals surface area (Å²) in [5, 5.41) is 0. The summed E-state index contributed by atoms with van der Waals surface area (Å²) in [4.78, 5) is 4.66. The van der Waals surface area contributed by atoms with Crippen LogP contribution in [0, 0.1) is 6.92 Å². The molecule has 0 spiro atoms. The predicted octanol–water partition coefficient (Wildman–Crippen LogP) is 6.99. The van der Waals surface area contributed by atoms with E-state index in [-0.39, 0.29) is 24.4 Å². The summed E-state index contributed by atoms with van der Waals surface area (Å²) >= 11 is 0. The highest BCUT2D eigenvalue weighted by Crippen LogP contribution is 2.40. The molecular weight excluding hydrogens is 474 g/mol. The summed E-state index contributed by atoms with van der Waals surface area (Å²) < 4.78 is 25.7. The van der Waals surface area contributed by atoms with Gasteiger partial charge in [-0.2, -0.15) is 0 Å². The number of aryl methyl sites for hydroxylation is 1. The van der Waals surface area contributed by atoms with Crippen LogP contribution < -0.4 is 4.74 Å². The lowest BCUT2D eigenvalue weighted by molar-refractivity contribution is -0.0794. The lowest BCUT2D eigenvalue weighted by atomic mass is 10.00. The predicted molar refractivity (Wildman–Crippen MR) is 148 cm³/mol. The largest absolute Gasteiger partial charge is 0.473 e. The molecule has 2 heterocycles. The van der Waals surface area contributed by atoms with Gasteiger partial charge in [0.05, 0.1) is 19.3 Å². The average molecular weight is 510 g/mol. The van der Waals surface area contributed by atoms with Crippen molar-refractivity contribution in [3.63, 3.8) is 0 Å². The molecule has 1 fully saturated rings. The molecule has 1 aromatic heterocycles. The standard InChI is InChI=1S/C33H35NO4/c1-3-29-31(35-21-25-13-7-4-8-14-25)32(36-22-26-15-9-5-10-16-26)30(38-29)28-19-24(2)33(34-20-28)37-23-27-17-11-6-12-18-27/h4-20,29-32H,3,21-23H2,1-2H3/t29-,30+,31+,32?/m1/s1. The van der Waals surface area contributed by atoms with Gasteiger partial charge in [0.1, 0.15) is 24.9 Å². The monoisotopic (exact) mass is 509 g/mol. The molecule has 4 aromatic rings. The second kappa shape index (κ2) is 12.8. The molecule has 0 amide bonds. The van der Waals surface area contributed by atoms with Crippen molar-refractivity contribution >= 4 is 0 Å². The molecule has 1 unspecified atom stereocenters. The molecule has 5 heteroatoms. The fourth-order valence-corrected chi connectivity index (χ4v) is 4.86. The molecule has 38 heavy (non-hydrogen) atoms. The Morgan fingerprint density at radius 2 is 1.24 bits per heavy atom. The Hall–Kier alpha value is -3.51. The number of ether oxygens (including phenoxy) is 4. The van der Waals surface area contributed by atoms with Gasteiger partial charge in [-0.25, -0.2) is 4.98 Å². The van der Waals surface area contributed by atoms with Crippen molar-refractivity contribution in [2.24, 2.45) is 0 Å². The Bertz CT molecular complexity index is 1270. The molecule has 3 aromatic carbocycles. The lowest BCUT2D eigenvalue weighted by Crippen LogP contribution is -2.35. The highest BCUT2D eigenvalue weighted by molar-refractivity contribution is 5.31. The maximum atomic E-state index is 6.59. The van der Waals surface area contributed by atoms with E-state index in [2.05, 4.69) is 42.2 Å². The minimum atomic E-state index is -0.293. The summed E-state index contributed by atoms with van der Waals surface area (Å²) in [5.74, 6) is 0.626. The molecule has 196 valence electrons. The van der Waals surface area contributed by atoms with Crippen LogP contribution in [0.3, 0.4) is 0 Å². The van der Waals surface area contributed by atoms with Gasteiger partial charge in [-0.05, 0) is 36.1 Å². The Balaban J connectivity index is 1.35. The molecule has 0 radical (unpaired) electrons. The quantitative estimate of drug-likeness (QED) is 0.218. The van der Waals surface area contributed by atoms with Crippen LogP contribution in [0.1, 0.15) is 47.3 Å². The number of pyridine rings is 1. The molecule has 0 N–H and O–H groups in total. The highest BCUT2D eigenvalue weighted by Gasteiger charge is 2.46. The van der Waals surface area contributed by atoms with Gasteiger partial charge in [-0.3, -0.25) is 0 Å². The molecule has 1 saturated heterocycles. The molecule has 0 bridgehead atoms. The van der Waals surface area contributed by atoms with Gasteiger partial charge in [0.25, 0.3) is 0 Å². The molecule has 0 saturated carbocycles. The Morgan fingerprint density at radius 3 is 1.76 bits per heavy atom. The fraction of sp³-hybridized carbons (Fsp3) is 0.303. The summed E-state index contributed by atoms with van der Waals surface area (Å²) in [6.07, 6.45) is 1.82. The zero-order valence-electron chi connectivity index (χ0n) is 22.0. The minimum Gasteiger partial charge on any atom is -0.473 e. The third kappa shape index (κ3) is 6.48. The average Bonchev–Trinajstić information content (AvgIpc) is 3.33. The fourth-order valence-electron chi connectivity index (χ4n) is 4.86.